The van der Waals surface area contributed by atoms with Gasteiger partial charge < -0.3 is 4.74 Å². The Labute approximate surface area is 57.4 Å². The van der Waals surface area contributed by atoms with E-state index in [0.29, 0.717) is 6.73 Å². The summed E-state index contributed by atoms with van der Waals surface area (Å²) < 4.78 is 4.44. The highest BCUT2D eigenvalue weighted by atomic mass is 16.5. The van der Waals surface area contributed by atoms with Gasteiger partial charge >= 0.3 is 5.97 Å². The minimum atomic E-state index is -0.255. The largest absolute Gasteiger partial charge is 0.450 e. The van der Waals surface area contributed by atoms with Crippen LogP contribution in [0.15, 0.2) is 0 Å². The van der Waals surface area contributed by atoms with Crippen molar-refractivity contribution in [3.05, 3.63) is 0 Å². The SMILES string of the molecule is C.C.CNCOC(C)=O. The first-order chi connectivity index (χ1) is 3.27. The first kappa shape index (κ1) is 15.8. The van der Waals surface area contributed by atoms with Crippen LogP contribution in [0.4, 0.5) is 0 Å². The molecule has 0 aromatic carbocycles. The van der Waals surface area contributed by atoms with Gasteiger partial charge in [0, 0.05) is 6.92 Å². The Hall–Kier alpha value is -0.570. The number of ether oxygens (including phenoxy) is 1. The number of carbonyl (C=O) groups is 1. The number of nitrogens with one attached hydrogen (secondary N) is 1. The molecule has 0 saturated carbocycles. The van der Waals surface area contributed by atoms with Gasteiger partial charge in [0.05, 0.1) is 0 Å². The van der Waals surface area contributed by atoms with Crippen molar-refractivity contribution < 1.29 is 9.53 Å². The summed E-state index contributed by atoms with van der Waals surface area (Å²) in [7, 11) is 1.71. The highest BCUT2D eigenvalue weighted by Crippen LogP contribution is 1.67. The average Bonchev–Trinajstić information content (AvgIpc) is 1.61. The molecular weight excluding hydrogens is 118 g/mol. The van der Waals surface area contributed by atoms with Crippen molar-refractivity contribution >= 4 is 5.97 Å². The van der Waals surface area contributed by atoms with Gasteiger partial charge in [0.1, 0.15) is 6.73 Å². The minimum Gasteiger partial charge on any atom is -0.450 e. The van der Waals surface area contributed by atoms with E-state index < -0.39 is 0 Å². The van der Waals surface area contributed by atoms with Crippen LogP contribution in [0.25, 0.3) is 0 Å². The van der Waals surface area contributed by atoms with E-state index in [1.807, 2.05) is 0 Å². The summed E-state index contributed by atoms with van der Waals surface area (Å²) in [6.07, 6.45) is 0. The van der Waals surface area contributed by atoms with Crippen LogP contribution in [0.5, 0.6) is 0 Å². The fraction of sp³-hybridized carbons (Fsp3) is 0.833. The highest BCUT2D eigenvalue weighted by Gasteiger charge is 1.84. The maximum absolute atomic E-state index is 9.94. The molecule has 0 saturated heterocycles. The molecule has 58 valence electrons. The summed E-state index contributed by atoms with van der Waals surface area (Å²) in [5.74, 6) is -0.255. The lowest BCUT2D eigenvalue weighted by Crippen LogP contribution is -2.13. The number of hydrogen-bond donors (Lipinski definition) is 1. The molecule has 0 amide bonds. The van der Waals surface area contributed by atoms with Gasteiger partial charge in [-0.15, -0.1) is 0 Å². The normalized spacial score (nSPS) is 6.44. The molecule has 0 heterocycles. The summed E-state index contributed by atoms with van der Waals surface area (Å²) in [5.41, 5.74) is 0. The zero-order valence-corrected chi connectivity index (χ0v) is 4.52. The quantitative estimate of drug-likeness (QED) is 0.453. The third kappa shape index (κ3) is 18.6. The van der Waals surface area contributed by atoms with Crippen LogP contribution in [-0.4, -0.2) is 19.7 Å². The zero-order chi connectivity index (χ0) is 5.70. The number of esters is 1. The van der Waals surface area contributed by atoms with Gasteiger partial charge in [0.2, 0.25) is 0 Å². The smallest absolute Gasteiger partial charge is 0.303 e. The topological polar surface area (TPSA) is 38.3 Å². The van der Waals surface area contributed by atoms with E-state index in [9.17, 15) is 4.79 Å². The van der Waals surface area contributed by atoms with Crippen LogP contribution in [0.1, 0.15) is 21.8 Å². The van der Waals surface area contributed by atoms with E-state index in [2.05, 4.69) is 10.1 Å². The van der Waals surface area contributed by atoms with Gasteiger partial charge in [-0.3, -0.25) is 10.1 Å². The summed E-state index contributed by atoms with van der Waals surface area (Å²) in [5, 5.41) is 2.66. The van der Waals surface area contributed by atoms with Gasteiger partial charge in [-0.05, 0) is 7.05 Å². The monoisotopic (exact) mass is 135 g/mol. The molecule has 3 nitrogen and oxygen atoms in total. The summed E-state index contributed by atoms with van der Waals surface area (Å²) in [4.78, 5) is 9.94. The number of hydrogen-bond acceptors (Lipinski definition) is 3. The molecule has 0 radical (unpaired) electrons. The van der Waals surface area contributed by atoms with E-state index >= 15 is 0 Å². The molecule has 0 aliphatic heterocycles. The molecular formula is C6H17NO2. The molecule has 0 unspecified atom stereocenters. The van der Waals surface area contributed by atoms with E-state index in [-0.39, 0.29) is 20.8 Å². The van der Waals surface area contributed by atoms with Crippen molar-refractivity contribution in [3.8, 4) is 0 Å². The Balaban J connectivity index is -0.000000180. The van der Waals surface area contributed by atoms with E-state index in [0.717, 1.165) is 0 Å². The van der Waals surface area contributed by atoms with Crippen molar-refractivity contribution in [2.75, 3.05) is 13.8 Å². The van der Waals surface area contributed by atoms with Gasteiger partial charge in [-0.1, -0.05) is 14.9 Å². The fourth-order valence-electron chi connectivity index (χ4n) is 0.174. The highest BCUT2D eigenvalue weighted by molar-refractivity contribution is 5.65. The third-order valence-electron chi connectivity index (χ3n) is 0.420. The summed E-state index contributed by atoms with van der Waals surface area (Å²) in [6.45, 7) is 1.67. The molecule has 1 N–H and O–H groups in total. The maximum atomic E-state index is 9.94. The van der Waals surface area contributed by atoms with Crippen LogP contribution in [-0.2, 0) is 9.53 Å². The summed E-state index contributed by atoms with van der Waals surface area (Å²) >= 11 is 0. The predicted molar refractivity (Wildman–Crippen MR) is 39.2 cm³/mol. The maximum Gasteiger partial charge on any atom is 0.303 e. The van der Waals surface area contributed by atoms with Crippen molar-refractivity contribution in [2.45, 2.75) is 21.8 Å². The van der Waals surface area contributed by atoms with Gasteiger partial charge in [0.25, 0.3) is 0 Å². The lowest BCUT2D eigenvalue weighted by Gasteiger charge is -1.95. The second-order valence-corrected chi connectivity index (χ2v) is 1.13. The molecule has 9 heavy (non-hydrogen) atoms. The molecule has 0 aliphatic carbocycles. The second kappa shape index (κ2) is 10.4. The van der Waals surface area contributed by atoms with Crippen LogP contribution >= 0.6 is 0 Å². The standard InChI is InChI=1S/C4H9NO2.2CH4/c1-4(6)7-3-5-2;;/h5H,3H2,1-2H3;2*1H4. The molecule has 0 rings (SSSR count). The Morgan fingerprint density at radius 3 is 2.11 bits per heavy atom. The number of carbonyl (C=O) groups excluding carboxylic acids is 1. The summed E-state index contributed by atoms with van der Waals surface area (Å²) in [6, 6.07) is 0. The Bertz CT molecular complexity index is 64.1. The zero-order valence-electron chi connectivity index (χ0n) is 4.52. The van der Waals surface area contributed by atoms with Gasteiger partial charge in [0.15, 0.2) is 0 Å². The van der Waals surface area contributed by atoms with E-state index in [1.54, 1.807) is 7.05 Å². The van der Waals surface area contributed by atoms with Crippen LogP contribution in [0.3, 0.4) is 0 Å². The van der Waals surface area contributed by atoms with Crippen LogP contribution in [0.2, 0.25) is 0 Å². The van der Waals surface area contributed by atoms with Gasteiger partial charge in [-0.25, -0.2) is 0 Å². The molecule has 0 spiro atoms. The van der Waals surface area contributed by atoms with E-state index in [4.69, 9.17) is 0 Å². The van der Waals surface area contributed by atoms with Crippen molar-refractivity contribution in [2.24, 2.45) is 0 Å². The van der Waals surface area contributed by atoms with Gasteiger partial charge in [-0.2, -0.15) is 0 Å². The van der Waals surface area contributed by atoms with Crippen molar-refractivity contribution in [1.29, 1.82) is 0 Å². The van der Waals surface area contributed by atoms with Crippen molar-refractivity contribution in [1.82, 2.24) is 5.32 Å². The Morgan fingerprint density at radius 2 is 2.00 bits per heavy atom. The molecule has 0 atom stereocenters. The molecule has 0 aliphatic rings. The van der Waals surface area contributed by atoms with Crippen molar-refractivity contribution in [3.63, 3.8) is 0 Å². The predicted octanol–water partition coefficient (Wildman–Crippen LogP) is 0.999. The Kier molecular flexibility index (Phi) is 18.3. The Morgan fingerprint density at radius 1 is 1.56 bits per heavy atom. The minimum absolute atomic E-state index is 0. The number of rotatable bonds is 2. The molecule has 0 aromatic heterocycles. The molecule has 0 fully saturated rings. The molecule has 3 heteroatoms. The van der Waals surface area contributed by atoms with Crippen LogP contribution in [0, 0.1) is 0 Å². The first-order valence-corrected chi connectivity index (χ1v) is 2.05. The molecule has 0 bridgehead atoms. The molecule has 0 aromatic rings. The average molecular weight is 135 g/mol. The first-order valence-electron chi connectivity index (χ1n) is 2.05. The van der Waals surface area contributed by atoms with E-state index in [1.165, 1.54) is 6.92 Å². The lowest BCUT2D eigenvalue weighted by molar-refractivity contribution is -0.141. The lowest BCUT2D eigenvalue weighted by atomic mass is 10.8. The second-order valence-electron chi connectivity index (χ2n) is 1.13. The third-order valence-corrected chi connectivity index (χ3v) is 0.420. The van der Waals surface area contributed by atoms with Crippen LogP contribution < -0.4 is 5.32 Å². The fourth-order valence-corrected chi connectivity index (χ4v) is 0.174.